The third-order valence-corrected chi connectivity index (χ3v) is 4.42. The largest absolute Gasteiger partial charge is 0.366 e. The molecule has 0 spiro atoms. The van der Waals surface area contributed by atoms with Gasteiger partial charge < -0.3 is 11.1 Å². The Kier molecular flexibility index (Phi) is 4.98. The first-order valence-corrected chi connectivity index (χ1v) is 8.01. The lowest BCUT2D eigenvalue weighted by atomic mass is 9.82. The summed E-state index contributed by atoms with van der Waals surface area (Å²) >= 11 is 1.50. The second kappa shape index (κ2) is 6.58. The Morgan fingerprint density at radius 3 is 2.45 bits per heavy atom. The minimum atomic E-state index is -0.409. The van der Waals surface area contributed by atoms with E-state index in [9.17, 15) is 9.18 Å². The average molecular weight is 320 g/mol. The van der Waals surface area contributed by atoms with E-state index in [0.717, 1.165) is 10.4 Å². The Morgan fingerprint density at radius 1 is 1.32 bits per heavy atom. The van der Waals surface area contributed by atoms with E-state index < -0.39 is 5.91 Å². The van der Waals surface area contributed by atoms with Gasteiger partial charge in [-0.15, -0.1) is 11.3 Å². The average Bonchev–Trinajstić information content (AvgIpc) is 2.88. The van der Waals surface area contributed by atoms with E-state index in [1.165, 1.54) is 23.5 Å². The molecular weight excluding hydrogens is 299 g/mol. The van der Waals surface area contributed by atoms with E-state index in [2.05, 4.69) is 26.1 Å². The molecule has 1 unspecified atom stereocenters. The van der Waals surface area contributed by atoms with Crippen molar-refractivity contribution in [2.75, 3.05) is 0 Å². The Labute approximate surface area is 134 Å². The maximum absolute atomic E-state index is 13.1. The summed E-state index contributed by atoms with van der Waals surface area (Å²) in [6.45, 7) is 7.04. The van der Waals surface area contributed by atoms with Gasteiger partial charge in [0, 0.05) is 22.8 Å². The first-order valence-electron chi connectivity index (χ1n) is 7.13. The van der Waals surface area contributed by atoms with Crippen LogP contribution in [0.3, 0.4) is 0 Å². The standard InChI is InChI=1S/C17H21FN2OS/c1-17(2,3)15(11-4-6-13(18)7-5-11)20-9-14-8-12(10-22-14)16(19)21/h4-8,10,15,20H,9H2,1-3H3,(H2,19,21). The quantitative estimate of drug-likeness (QED) is 0.879. The number of benzene rings is 1. The number of thiophene rings is 1. The lowest BCUT2D eigenvalue weighted by molar-refractivity contribution is 0.100. The number of nitrogens with two attached hydrogens (primary N) is 1. The number of rotatable bonds is 5. The summed E-state index contributed by atoms with van der Waals surface area (Å²) in [4.78, 5) is 12.2. The molecule has 0 bridgehead atoms. The maximum Gasteiger partial charge on any atom is 0.249 e. The normalized spacial score (nSPS) is 13.1. The molecule has 0 saturated heterocycles. The molecule has 118 valence electrons. The monoisotopic (exact) mass is 320 g/mol. The van der Waals surface area contributed by atoms with E-state index in [1.54, 1.807) is 5.38 Å². The highest BCUT2D eigenvalue weighted by atomic mass is 32.1. The Balaban J connectivity index is 2.13. The Morgan fingerprint density at radius 2 is 1.95 bits per heavy atom. The highest BCUT2D eigenvalue weighted by molar-refractivity contribution is 7.10. The number of nitrogens with one attached hydrogen (secondary N) is 1. The molecule has 0 radical (unpaired) electrons. The van der Waals surface area contributed by atoms with Gasteiger partial charge in [-0.2, -0.15) is 0 Å². The predicted molar refractivity (Wildman–Crippen MR) is 88.3 cm³/mol. The van der Waals surface area contributed by atoms with Gasteiger partial charge in [-0.1, -0.05) is 32.9 Å². The van der Waals surface area contributed by atoms with Crippen LogP contribution < -0.4 is 11.1 Å². The summed E-state index contributed by atoms with van der Waals surface area (Å²) in [6, 6.07) is 8.46. The second-order valence-electron chi connectivity index (χ2n) is 6.40. The van der Waals surface area contributed by atoms with Crippen LogP contribution in [0.4, 0.5) is 4.39 Å². The number of carbonyl (C=O) groups excluding carboxylic acids is 1. The molecule has 22 heavy (non-hydrogen) atoms. The SMILES string of the molecule is CC(C)(C)C(NCc1cc(C(N)=O)cs1)c1ccc(F)cc1. The summed E-state index contributed by atoms with van der Waals surface area (Å²) in [5.41, 5.74) is 6.82. The number of halogens is 1. The van der Waals surface area contributed by atoms with Gasteiger partial charge >= 0.3 is 0 Å². The zero-order chi connectivity index (χ0) is 16.3. The smallest absolute Gasteiger partial charge is 0.249 e. The van der Waals surface area contributed by atoms with Crippen LogP contribution in [0.1, 0.15) is 47.6 Å². The molecule has 0 aliphatic heterocycles. The van der Waals surface area contributed by atoms with Crippen molar-refractivity contribution in [1.82, 2.24) is 5.32 Å². The zero-order valence-corrected chi connectivity index (χ0v) is 13.8. The second-order valence-corrected chi connectivity index (χ2v) is 7.39. The van der Waals surface area contributed by atoms with Gasteiger partial charge in [0.1, 0.15) is 5.82 Å². The highest BCUT2D eigenvalue weighted by Crippen LogP contribution is 2.33. The van der Waals surface area contributed by atoms with Crippen molar-refractivity contribution in [1.29, 1.82) is 0 Å². The molecule has 1 amide bonds. The van der Waals surface area contributed by atoms with Crippen molar-refractivity contribution in [2.24, 2.45) is 11.1 Å². The fraction of sp³-hybridized carbons (Fsp3) is 0.353. The van der Waals surface area contributed by atoms with E-state index >= 15 is 0 Å². The molecule has 1 aromatic heterocycles. The predicted octanol–water partition coefficient (Wildman–Crippen LogP) is 3.86. The number of hydrogen-bond acceptors (Lipinski definition) is 3. The lowest BCUT2D eigenvalue weighted by Crippen LogP contribution is -2.31. The molecular formula is C17H21FN2OS. The molecule has 2 aromatic rings. The van der Waals surface area contributed by atoms with Crippen molar-refractivity contribution < 1.29 is 9.18 Å². The number of hydrogen-bond donors (Lipinski definition) is 2. The van der Waals surface area contributed by atoms with Crippen LogP contribution in [0.5, 0.6) is 0 Å². The van der Waals surface area contributed by atoms with Crippen LogP contribution in [0.25, 0.3) is 0 Å². The third kappa shape index (κ3) is 4.15. The van der Waals surface area contributed by atoms with Crippen LogP contribution >= 0.6 is 11.3 Å². The summed E-state index contributed by atoms with van der Waals surface area (Å²) < 4.78 is 13.1. The summed E-state index contributed by atoms with van der Waals surface area (Å²) in [5, 5.41) is 5.27. The molecule has 2 rings (SSSR count). The van der Waals surface area contributed by atoms with Crippen LogP contribution in [0.2, 0.25) is 0 Å². The minimum Gasteiger partial charge on any atom is -0.366 e. The number of amides is 1. The number of primary amides is 1. The molecule has 3 nitrogen and oxygen atoms in total. The van der Waals surface area contributed by atoms with E-state index in [1.807, 2.05) is 18.2 Å². The molecule has 0 fully saturated rings. The van der Waals surface area contributed by atoms with Gasteiger partial charge in [-0.25, -0.2) is 4.39 Å². The third-order valence-electron chi connectivity index (χ3n) is 3.49. The highest BCUT2D eigenvalue weighted by Gasteiger charge is 2.26. The molecule has 0 aliphatic carbocycles. The molecule has 0 aliphatic rings. The fourth-order valence-corrected chi connectivity index (χ4v) is 3.21. The molecule has 3 N–H and O–H groups in total. The van der Waals surface area contributed by atoms with Crippen LogP contribution in [-0.4, -0.2) is 5.91 Å². The lowest BCUT2D eigenvalue weighted by Gasteiger charge is -2.32. The minimum absolute atomic E-state index is 0.0262. The van der Waals surface area contributed by atoms with Gasteiger partial charge in [-0.3, -0.25) is 4.79 Å². The molecule has 0 saturated carbocycles. The van der Waals surface area contributed by atoms with Crippen molar-refractivity contribution in [3.05, 3.63) is 57.5 Å². The van der Waals surface area contributed by atoms with E-state index in [-0.39, 0.29) is 17.3 Å². The van der Waals surface area contributed by atoms with Crippen LogP contribution in [0, 0.1) is 11.2 Å². The van der Waals surface area contributed by atoms with E-state index in [4.69, 9.17) is 5.73 Å². The first kappa shape index (κ1) is 16.6. The van der Waals surface area contributed by atoms with Gasteiger partial charge in [0.15, 0.2) is 0 Å². The molecule has 1 heterocycles. The Hall–Kier alpha value is -1.72. The van der Waals surface area contributed by atoms with Gasteiger partial charge in [-0.05, 0) is 29.2 Å². The van der Waals surface area contributed by atoms with Gasteiger partial charge in [0.2, 0.25) is 5.91 Å². The van der Waals surface area contributed by atoms with Gasteiger partial charge in [0.25, 0.3) is 0 Å². The van der Waals surface area contributed by atoms with Crippen LogP contribution in [0.15, 0.2) is 35.7 Å². The van der Waals surface area contributed by atoms with Crippen molar-refractivity contribution in [3.8, 4) is 0 Å². The fourth-order valence-electron chi connectivity index (χ4n) is 2.38. The van der Waals surface area contributed by atoms with Crippen LogP contribution in [-0.2, 0) is 6.54 Å². The number of carbonyl (C=O) groups is 1. The molecule has 5 heteroatoms. The van der Waals surface area contributed by atoms with Crippen molar-refractivity contribution in [3.63, 3.8) is 0 Å². The van der Waals surface area contributed by atoms with Crippen molar-refractivity contribution in [2.45, 2.75) is 33.4 Å². The van der Waals surface area contributed by atoms with Gasteiger partial charge in [0.05, 0.1) is 5.56 Å². The summed E-state index contributed by atoms with van der Waals surface area (Å²) in [7, 11) is 0. The summed E-state index contributed by atoms with van der Waals surface area (Å²) in [6.07, 6.45) is 0. The van der Waals surface area contributed by atoms with Crippen molar-refractivity contribution >= 4 is 17.2 Å². The molecule has 1 atom stereocenters. The van der Waals surface area contributed by atoms with E-state index in [0.29, 0.717) is 12.1 Å². The maximum atomic E-state index is 13.1. The summed E-state index contributed by atoms with van der Waals surface area (Å²) in [5.74, 6) is -0.644. The first-order chi connectivity index (χ1) is 10.3. The topological polar surface area (TPSA) is 55.1 Å². The molecule has 1 aromatic carbocycles. The Bertz CT molecular complexity index is 643. The zero-order valence-electron chi connectivity index (χ0n) is 13.0.